The average Bonchev–Trinajstić information content (AvgIpc) is 2.39. The van der Waals surface area contributed by atoms with Crippen molar-refractivity contribution in [1.29, 1.82) is 0 Å². The number of carbonyl (C=O) groups excluding carboxylic acids is 2. The van der Waals surface area contributed by atoms with Gasteiger partial charge in [-0.3, -0.25) is 9.59 Å². The topological polar surface area (TPSA) is 83.8 Å². The molecule has 0 rings (SSSR count). The fourth-order valence-corrected chi connectivity index (χ4v) is 1.62. The van der Waals surface area contributed by atoms with Crippen molar-refractivity contribution >= 4 is 11.8 Å². The molecule has 5 nitrogen and oxygen atoms in total. The highest BCUT2D eigenvalue weighted by Crippen LogP contribution is 2.14. The van der Waals surface area contributed by atoms with Gasteiger partial charge in [-0.05, 0) is 5.92 Å². The van der Waals surface area contributed by atoms with E-state index >= 15 is 0 Å². The van der Waals surface area contributed by atoms with Gasteiger partial charge in [0.1, 0.15) is 11.9 Å². The lowest BCUT2D eigenvalue weighted by molar-refractivity contribution is -0.154. The molecule has 0 aliphatic carbocycles. The molecule has 0 bridgehead atoms. The summed E-state index contributed by atoms with van der Waals surface area (Å²) < 4.78 is 4.77. The van der Waals surface area contributed by atoms with Crippen LogP contribution in [0.15, 0.2) is 0 Å². The minimum Gasteiger partial charge on any atom is -0.457 e. The maximum atomic E-state index is 11.6. The van der Waals surface area contributed by atoms with Crippen LogP contribution in [0.5, 0.6) is 0 Å². The molecule has 5 heteroatoms. The van der Waals surface area contributed by atoms with Gasteiger partial charge >= 0.3 is 5.97 Å². The van der Waals surface area contributed by atoms with Crippen LogP contribution in [-0.2, 0) is 14.3 Å². The van der Waals surface area contributed by atoms with Gasteiger partial charge in [0.05, 0.1) is 19.6 Å². The summed E-state index contributed by atoms with van der Waals surface area (Å²) in [5.74, 6) is -0.109. The van der Waals surface area contributed by atoms with Crippen LogP contribution in [0.4, 0.5) is 0 Å². The molecule has 0 heterocycles. The van der Waals surface area contributed by atoms with E-state index in [1.54, 1.807) is 0 Å². The third kappa shape index (κ3) is 7.40. The van der Waals surface area contributed by atoms with E-state index in [1.807, 2.05) is 13.8 Å². The molecule has 0 unspecified atom stereocenters. The van der Waals surface area contributed by atoms with E-state index in [0.717, 1.165) is 12.8 Å². The average molecular weight is 260 g/mol. The van der Waals surface area contributed by atoms with E-state index in [9.17, 15) is 9.59 Å². The molecule has 0 spiro atoms. The molecule has 0 saturated heterocycles. The van der Waals surface area contributed by atoms with Gasteiger partial charge in [0, 0.05) is 12.8 Å². The second kappa shape index (κ2) is 10.0. The molecule has 0 amide bonds. The number of rotatable bonds is 10. The highest BCUT2D eigenvalue weighted by atomic mass is 16.6. The number of esters is 1. The first-order chi connectivity index (χ1) is 8.57. The van der Waals surface area contributed by atoms with E-state index in [4.69, 9.17) is 14.9 Å². The molecule has 0 atom stereocenters. The Kier molecular flexibility index (Phi) is 9.50. The zero-order valence-corrected chi connectivity index (χ0v) is 11.2. The third-order valence-electron chi connectivity index (χ3n) is 2.98. The van der Waals surface area contributed by atoms with E-state index in [-0.39, 0.29) is 18.6 Å². The van der Waals surface area contributed by atoms with Gasteiger partial charge < -0.3 is 14.9 Å². The van der Waals surface area contributed by atoms with Crippen LogP contribution in [-0.4, -0.2) is 41.3 Å². The molecular weight excluding hydrogens is 236 g/mol. The summed E-state index contributed by atoms with van der Waals surface area (Å²) in [7, 11) is 0. The van der Waals surface area contributed by atoms with E-state index in [0.29, 0.717) is 12.3 Å². The minimum absolute atomic E-state index is 0.00941. The Morgan fingerprint density at radius 1 is 1.06 bits per heavy atom. The number of Topliss-reactive ketones (excluding diaryl/α,β-unsaturated/α-hetero) is 1. The predicted octanol–water partition coefficient (Wildman–Crippen LogP) is 1.06. The number of carbonyl (C=O) groups is 2. The first kappa shape index (κ1) is 17.1. The zero-order chi connectivity index (χ0) is 14.0. The Hall–Kier alpha value is -0.940. The lowest BCUT2D eigenvalue weighted by atomic mass is 9.95. The molecule has 0 radical (unpaired) electrons. The predicted molar refractivity (Wildman–Crippen MR) is 67.0 cm³/mol. The quantitative estimate of drug-likeness (QED) is 0.574. The van der Waals surface area contributed by atoms with Gasteiger partial charge in [0.25, 0.3) is 0 Å². The van der Waals surface area contributed by atoms with Gasteiger partial charge in [-0.1, -0.05) is 26.7 Å². The van der Waals surface area contributed by atoms with Crippen molar-refractivity contribution in [2.75, 3.05) is 13.2 Å². The highest BCUT2D eigenvalue weighted by Gasteiger charge is 2.15. The van der Waals surface area contributed by atoms with Gasteiger partial charge in [-0.15, -0.1) is 0 Å². The number of aliphatic hydroxyl groups excluding tert-OH is 2. The zero-order valence-electron chi connectivity index (χ0n) is 11.2. The Morgan fingerprint density at radius 3 is 2.06 bits per heavy atom. The molecular formula is C13H24O5. The van der Waals surface area contributed by atoms with Crippen molar-refractivity contribution in [3.63, 3.8) is 0 Å². The summed E-state index contributed by atoms with van der Waals surface area (Å²) >= 11 is 0. The van der Waals surface area contributed by atoms with Crippen molar-refractivity contribution in [3.05, 3.63) is 0 Å². The number of aliphatic hydroxyl groups is 2. The highest BCUT2D eigenvalue weighted by molar-refractivity contribution is 5.83. The SMILES string of the molecule is CCC(CC)CC(=O)CCC(=O)OC(CO)CO. The standard InChI is InChI=1S/C13H24O5/c1-3-10(4-2)7-11(16)5-6-13(17)18-12(8-14)9-15/h10,12,14-15H,3-9H2,1-2H3. The van der Waals surface area contributed by atoms with Crippen LogP contribution in [0.3, 0.4) is 0 Å². The minimum atomic E-state index is -0.883. The second-order valence-electron chi connectivity index (χ2n) is 4.40. The third-order valence-corrected chi connectivity index (χ3v) is 2.98. The van der Waals surface area contributed by atoms with E-state index in [2.05, 4.69) is 0 Å². The van der Waals surface area contributed by atoms with E-state index in [1.165, 1.54) is 0 Å². The molecule has 0 aromatic rings. The Morgan fingerprint density at radius 2 is 1.61 bits per heavy atom. The van der Waals surface area contributed by atoms with E-state index < -0.39 is 25.3 Å². The fourth-order valence-electron chi connectivity index (χ4n) is 1.62. The summed E-state index contributed by atoms with van der Waals surface area (Å²) in [4.78, 5) is 22.9. The molecule has 106 valence electrons. The van der Waals surface area contributed by atoms with Crippen molar-refractivity contribution in [2.24, 2.45) is 5.92 Å². The number of hydrogen-bond acceptors (Lipinski definition) is 5. The molecule has 0 fully saturated rings. The lowest BCUT2D eigenvalue weighted by Crippen LogP contribution is -2.25. The fraction of sp³-hybridized carbons (Fsp3) is 0.846. The van der Waals surface area contributed by atoms with Crippen molar-refractivity contribution in [2.45, 2.75) is 52.1 Å². The Balaban J connectivity index is 3.87. The van der Waals surface area contributed by atoms with Crippen molar-refractivity contribution in [1.82, 2.24) is 0 Å². The molecule has 0 aromatic heterocycles. The molecule has 0 aromatic carbocycles. The first-order valence-corrected chi connectivity index (χ1v) is 6.50. The lowest BCUT2D eigenvalue weighted by Gasteiger charge is -2.13. The van der Waals surface area contributed by atoms with Crippen molar-refractivity contribution in [3.8, 4) is 0 Å². The molecule has 2 N–H and O–H groups in total. The summed E-state index contributed by atoms with van der Waals surface area (Å²) in [6.07, 6.45) is 1.72. The largest absolute Gasteiger partial charge is 0.457 e. The Labute approximate surface area is 108 Å². The smallest absolute Gasteiger partial charge is 0.306 e. The van der Waals surface area contributed by atoms with Crippen LogP contribution in [0, 0.1) is 5.92 Å². The first-order valence-electron chi connectivity index (χ1n) is 6.50. The molecule has 0 aliphatic heterocycles. The maximum absolute atomic E-state index is 11.6. The molecule has 0 aliphatic rings. The van der Waals surface area contributed by atoms with Crippen LogP contribution in [0.25, 0.3) is 0 Å². The van der Waals surface area contributed by atoms with Gasteiger partial charge in [0.2, 0.25) is 0 Å². The van der Waals surface area contributed by atoms with Crippen molar-refractivity contribution < 1.29 is 24.5 Å². The summed E-state index contributed by atoms with van der Waals surface area (Å²) in [5, 5.41) is 17.5. The molecule has 18 heavy (non-hydrogen) atoms. The number of ketones is 1. The van der Waals surface area contributed by atoms with Gasteiger partial charge in [0.15, 0.2) is 0 Å². The van der Waals surface area contributed by atoms with Crippen LogP contribution < -0.4 is 0 Å². The summed E-state index contributed by atoms with van der Waals surface area (Å²) in [6, 6.07) is 0. The van der Waals surface area contributed by atoms with Gasteiger partial charge in [-0.2, -0.15) is 0 Å². The molecule has 0 saturated carbocycles. The summed E-state index contributed by atoms with van der Waals surface area (Å²) in [5.41, 5.74) is 0. The van der Waals surface area contributed by atoms with Crippen LogP contribution in [0.2, 0.25) is 0 Å². The number of hydrogen-bond donors (Lipinski definition) is 2. The summed E-state index contributed by atoms with van der Waals surface area (Å²) in [6.45, 7) is 3.26. The van der Waals surface area contributed by atoms with Crippen LogP contribution in [0.1, 0.15) is 46.0 Å². The number of ether oxygens (including phenoxy) is 1. The maximum Gasteiger partial charge on any atom is 0.306 e. The second-order valence-corrected chi connectivity index (χ2v) is 4.40. The monoisotopic (exact) mass is 260 g/mol. The van der Waals surface area contributed by atoms with Gasteiger partial charge in [-0.25, -0.2) is 0 Å². The Bertz CT molecular complexity index is 218. The normalized spacial score (nSPS) is 11.0. The van der Waals surface area contributed by atoms with Crippen LogP contribution >= 0.6 is 0 Å².